The highest BCUT2D eigenvalue weighted by molar-refractivity contribution is 5.65. The van der Waals surface area contributed by atoms with Crippen LogP contribution >= 0.6 is 0 Å². The van der Waals surface area contributed by atoms with E-state index in [-0.39, 0.29) is 6.42 Å². The highest BCUT2D eigenvalue weighted by Crippen LogP contribution is 2.34. The Bertz CT molecular complexity index is 659. The Balaban J connectivity index is 2.03. The lowest BCUT2D eigenvalue weighted by Crippen LogP contribution is -2.31. The van der Waals surface area contributed by atoms with Gasteiger partial charge in [-0.15, -0.1) is 0 Å². The van der Waals surface area contributed by atoms with Gasteiger partial charge in [0.15, 0.2) is 6.61 Å². The van der Waals surface area contributed by atoms with E-state index in [1.54, 1.807) is 0 Å². The predicted molar refractivity (Wildman–Crippen MR) is 109 cm³/mol. The third-order valence-corrected chi connectivity index (χ3v) is 5.00. The first-order chi connectivity index (χ1) is 12.5. The second-order valence-electron chi connectivity index (χ2n) is 9.13. The van der Waals surface area contributed by atoms with Crippen LogP contribution in [0.25, 0.3) is 0 Å². The van der Waals surface area contributed by atoms with Crippen LogP contribution < -0.4 is 4.74 Å². The van der Waals surface area contributed by atoms with Crippen molar-refractivity contribution in [2.45, 2.75) is 78.7 Å². The molecule has 1 aliphatic rings. The fourth-order valence-electron chi connectivity index (χ4n) is 3.64. The van der Waals surface area contributed by atoms with Crippen LogP contribution in [-0.2, 0) is 0 Å². The first-order valence-corrected chi connectivity index (χ1v) is 9.85. The maximum absolute atomic E-state index is 14.1. The lowest BCUT2D eigenvalue weighted by Gasteiger charge is -2.26. The maximum atomic E-state index is 14.1. The van der Waals surface area contributed by atoms with Crippen molar-refractivity contribution in [2.75, 3.05) is 13.7 Å². The molecule has 5 heteroatoms. The summed E-state index contributed by atoms with van der Waals surface area (Å²) >= 11 is 0. The minimum atomic E-state index is -2.85. The van der Waals surface area contributed by atoms with Gasteiger partial charge in [-0.25, -0.2) is 13.8 Å². The van der Waals surface area contributed by atoms with Gasteiger partial charge in [-0.2, -0.15) is 0 Å². The molecular formula is C22H34F2N2O. The molecule has 3 nitrogen and oxygen atoms in total. The molecule has 27 heavy (non-hydrogen) atoms. The van der Waals surface area contributed by atoms with Gasteiger partial charge in [0.05, 0.1) is 12.0 Å². The molecule has 0 heterocycles. The summed E-state index contributed by atoms with van der Waals surface area (Å²) in [7, 11) is 2.07. The van der Waals surface area contributed by atoms with Crippen LogP contribution in [0, 0.1) is 19.3 Å². The number of hydrogen-bond donors (Lipinski definition) is 0. The van der Waals surface area contributed by atoms with E-state index in [2.05, 4.69) is 16.9 Å². The Hall–Kier alpha value is -1.65. The smallest absolute Gasteiger partial charge is 0.281 e. The summed E-state index contributed by atoms with van der Waals surface area (Å²) in [6.07, 6.45) is 6.69. The first-order valence-electron chi connectivity index (χ1n) is 9.85. The molecule has 0 saturated heterocycles. The summed E-state index contributed by atoms with van der Waals surface area (Å²) < 4.78 is 33.7. The van der Waals surface area contributed by atoms with Crippen molar-refractivity contribution in [2.24, 2.45) is 10.4 Å². The van der Waals surface area contributed by atoms with Gasteiger partial charge in [0.1, 0.15) is 5.75 Å². The zero-order valence-electron chi connectivity index (χ0n) is 17.6. The maximum Gasteiger partial charge on any atom is 0.281 e. The number of rotatable bonds is 7. The average Bonchev–Trinajstić information content (AvgIpc) is 3.06. The van der Waals surface area contributed by atoms with E-state index in [4.69, 9.17) is 4.74 Å². The summed E-state index contributed by atoms with van der Waals surface area (Å²) in [5, 5.41) is 0. The molecule has 2 rings (SSSR count). The third-order valence-electron chi connectivity index (χ3n) is 5.00. The molecule has 0 aromatic heterocycles. The van der Waals surface area contributed by atoms with E-state index >= 15 is 0 Å². The lowest BCUT2D eigenvalue weighted by molar-refractivity contribution is -0.0696. The number of ether oxygens (including phenoxy) is 1. The summed E-state index contributed by atoms with van der Waals surface area (Å²) in [5.41, 5.74) is 2.15. The fourth-order valence-corrected chi connectivity index (χ4v) is 3.64. The lowest BCUT2D eigenvalue weighted by atomic mass is 9.89. The molecular weight excluding hydrogens is 346 g/mol. The molecule has 1 saturated carbocycles. The van der Waals surface area contributed by atoms with Crippen LogP contribution in [0.4, 0.5) is 14.5 Å². The van der Waals surface area contributed by atoms with Crippen molar-refractivity contribution in [3.63, 3.8) is 0 Å². The fraction of sp³-hybridized carbons (Fsp3) is 0.682. The van der Waals surface area contributed by atoms with Gasteiger partial charge in [0.2, 0.25) is 0 Å². The number of benzene rings is 1. The van der Waals surface area contributed by atoms with Crippen LogP contribution in [0.3, 0.4) is 0 Å². The van der Waals surface area contributed by atoms with Crippen LogP contribution in [0.15, 0.2) is 17.1 Å². The van der Waals surface area contributed by atoms with E-state index < -0.39 is 17.9 Å². The van der Waals surface area contributed by atoms with E-state index in [0.29, 0.717) is 11.8 Å². The molecule has 152 valence electrons. The molecule has 0 radical (unpaired) electrons. The van der Waals surface area contributed by atoms with Crippen molar-refractivity contribution in [3.05, 3.63) is 23.3 Å². The normalized spacial score (nSPS) is 16.3. The molecule has 1 aromatic rings. The van der Waals surface area contributed by atoms with E-state index in [0.717, 1.165) is 16.8 Å². The Kier molecular flexibility index (Phi) is 6.87. The minimum Gasteiger partial charge on any atom is -0.487 e. The average molecular weight is 381 g/mol. The van der Waals surface area contributed by atoms with Gasteiger partial charge in [-0.1, -0.05) is 33.6 Å². The Morgan fingerprint density at radius 1 is 1.15 bits per heavy atom. The van der Waals surface area contributed by atoms with Gasteiger partial charge in [-0.05, 0) is 55.4 Å². The zero-order valence-corrected chi connectivity index (χ0v) is 17.6. The number of hydrogen-bond acceptors (Lipinski definition) is 2. The largest absolute Gasteiger partial charge is 0.487 e. The number of aryl methyl sites for hydroxylation is 2. The van der Waals surface area contributed by atoms with Crippen molar-refractivity contribution in [3.8, 4) is 5.75 Å². The standard InChI is InChI=1S/C22H34F2N2O/c1-16-12-20(27-14-22(23,24)13-21(3,4)5)17(2)11-19(16)25-15-26(6)18-9-7-8-10-18/h11-12,15,18H,7-10,13-14H2,1-6H3/b25-15+. The molecule has 1 aliphatic carbocycles. The minimum absolute atomic E-state index is 0.200. The monoisotopic (exact) mass is 380 g/mol. The SMILES string of the molecule is Cc1cc(OCC(F)(F)CC(C)(C)C)c(C)cc1/N=C/N(C)C1CCCC1. The quantitative estimate of drug-likeness (QED) is 0.410. The van der Waals surface area contributed by atoms with Gasteiger partial charge in [-0.3, -0.25) is 0 Å². The van der Waals surface area contributed by atoms with Crippen molar-refractivity contribution in [1.82, 2.24) is 4.90 Å². The molecule has 1 fully saturated rings. The molecule has 0 aliphatic heterocycles. The van der Waals surface area contributed by atoms with Crippen molar-refractivity contribution in [1.29, 1.82) is 0 Å². The Morgan fingerprint density at radius 2 is 1.78 bits per heavy atom. The van der Waals surface area contributed by atoms with E-state index in [9.17, 15) is 8.78 Å². The molecule has 0 amide bonds. The van der Waals surface area contributed by atoms with Crippen molar-refractivity contribution < 1.29 is 13.5 Å². The topological polar surface area (TPSA) is 24.8 Å². The molecule has 0 N–H and O–H groups in total. The number of halogens is 2. The van der Waals surface area contributed by atoms with Crippen LogP contribution in [-0.4, -0.2) is 36.9 Å². The van der Waals surface area contributed by atoms with Gasteiger partial charge < -0.3 is 9.64 Å². The molecule has 0 unspecified atom stereocenters. The van der Waals surface area contributed by atoms with Gasteiger partial charge in [0, 0.05) is 19.5 Å². The summed E-state index contributed by atoms with van der Waals surface area (Å²) in [6, 6.07) is 4.29. The molecule has 1 aromatic carbocycles. The highest BCUT2D eigenvalue weighted by atomic mass is 19.3. The number of aliphatic imine (C=N–C) groups is 1. The highest BCUT2D eigenvalue weighted by Gasteiger charge is 2.35. The van der Waals surface area contributed by atoms with E-state index in [1.165, 1.54) is 25.7 Å². The van der Waals surface area contributed by atoms with Crippen LogP contribution in [0.5, 0.6) is 5.75 Å². The van der Waals surface area contributed by atoms with Gasteiger partial charge >= 0.3 is 0 Å². The number of nitrogens with zero attached hydrogens (tertiary/aromatic N) is 2. The molecule has 0 bridgehead atoms. The Morgan fingerprint density at radius 3 is 2.37 bits per heavy atom. The predicted octanol–water partition coefficient (Wildman–Crippen LogP) is 6.29. The first kappa shape index (κ1) is 21.6. The third kappa shape index (κ3) is 6.78. The Labute approximate surface area is 162 Å². The van der Waals surface area contributed by atoms with E-state index in [1.807, 2.05) is 53.1 Å². The van der Waals surface area contributed by atoms with Gasteiger partial charge in [0.25, 0.3) is 5.92 Å². The molecule has 0 spiro atoms. The van der Waals surface area contributed by atoms with Crippen molar-refractivity contribution >= 4 is 12.0 Å². The second kappa shape index (κ2) is 8.57. The van der Waals surface area contributed by atoms with Crippen LogP contribution in [0.2, 0.25) is 0 Å². The molecule has 0 atom stereocenters. The van der Waals surface area contributed by atoms with Crippen LogP contribution in [0.1, 0.15) is 64.0 Å². The summed E-state index contributed by atoms with van der Waals surface area (Å²) in [4.78, 5) is 6.79. The summed E-state index contributed by atoms with van der Waals surface area (Å²) in [5.74, 6) is -2.34. The second-order valence-corrected chi connectivity index (χ2v) is 9.13. The summed E-state index contributed by atoms with van der Waals surface area (Å²) in [6.45, 7) is 8.64. The zero-order chi connectivity index (χ0) is 20.2. The number of alkyl halides is 2.